The number of nitrogens with zero attached hydrogens (tertiary/aromatic N) is 2. The summed E-state index contributed by atoms with van der Waals surface area (Å²) in [6, 6.07) is 5.45. The minimum absolute atomic E-state index is 0.224. The van der Waals surface area contributed by atoms with Crippen molar-refractivity contribution in [2.75, 3.05) is 6.54 Å². The van der Waals surface area contributed by atoms with E-state index in [0.717, 1.165) is 5.56 Å². The lowest BCUT2D eigenvalue weighted by molar-refractivity contribution is 0.213. The summed E-state index contributed by atoms with van der Waals surface area (Å²) in [5.74, 6) is 0.602. The second kappa shape index (κ2) is 5.61. The fourth-order valence-corrected chi connectivity index (χ4v) is 1.62. The lowest BCUT2D eigenvalue weighted by Crippen LogP contribution is -2.18. The third kappa shape index (κ3) is 3.15. The molecule has 88 valence electrons. The number of halogens is 1. The Labute approximate surface area is 104 Å². The number of pyridine rings is 2. The summed E-state index contributed by atoms with van der Waals surface area (Å²) < 4.78 is 5.73. The fraction of sp³-hybridized carbons (Fsp3) is 0.167. The average Bonchev–Trinajstić information content (AvgIpc) is 2.37. The normalized spacial score (nSPS) is 12.1. The van der Waals surface area contributed by atoms with Gasteiger partial charge in [-0.1, -0.05) is 11.6 Å². The quantitative estimate of drug-likeness (QED) is 0.903. The molecule has 0 amide bonds. The van der Waals surface area contributed by atoms with E-state index in [1.54, 1.807) is 30.9 Å². The van der Waals surface area contributed by atoms with Gasteiger partial charge in [0.1, 0.15) is 11.9 Å². The van der Waals surface area contributed by atoms with Crippen molar-refractivity contribution in [3.63, 3.8) is 0 Å². The van der Waals surface area contributed by atoms with Crippen LogP contribution in [-0.2, 0) is 0 Å². The minimum Gasteiger partial charge on any atom is -0.483 e. The van der Waals surface area contributed by atoms with Crippen LogP contribution in [0, 0.1) is 0 Å². The molecule has 17 heavy (non-hydrogen) atoms. The minimum atomic E-state index is -0.224. The van der Waals surface area contributed by atoms with E-state index < -0.39 is 0 Å². The molecule has 2 rings (SSSR count). The first kappa shape index (κ1) is 11.8. The number of hydrogen-bond donors (Lipinski definition) is 1. The molecule has 2 heterocycles. The summed E-state index contributed by atoms with van der Waals surface area (Å²) in [7, 11) is 0. The standard InChI is InChI=1S/C12H12ClN3O/c13-10-5-11(8-16-7-10)17-12(6-14)9-1-3-15-4-2-9/h1-5,7-8,12H,6,14H2. The maximum absolute atomic E-state index is 5.83. The molecular weight excluding hydrogens is 238 g/mol. The van der Waals surface area contributed by atoms with Gasteiger partial charge in [-0.3, -0.25) is 9.97 Å². The lowest BCUT2D eigenvalue weighted by Gasteiger charge is -2.17. The summed E-state index contributed by atoms with van der Waals surface area (Å²) in [5, 5.41) is 0.535. The van der Waals surface area contributed by atoms with Crippen molar-refractivity contribution in [1.82, 2.24) is 9.97 Å². The Kier molecular flexibility index (Phi) is 3.90. The number of ether oxygens (including phenoxy) is 1. The van der Waals surface area contributed by atoms with Crippen LogP contribution in [0.5, 0.6) is 5.75 Å². The Balaban J connectivity index is 2.16. The van der Waals surface area contributed by atoms with Gasteiger partial charge in [-0.25, -0.2) is 0 Å². The maximum Gasteiger partial charge on any atom is 0.140 e. The van der Waals surface area contributed by atoms with Gasteiger partial charge < -0.3 is 10.5 Å². The van der Waals surface area contributed by atoms with E-state index >= 15 is 0 Å². The van der Waals surface area contributed by atoms with E-state index in [-0.39, 0.29) is 6.10 Å². The average molecular weight is 250 g/mol. The SMILES string of the molecule is NCC(Oc1cncc(Cl)c1)c1ccncc1. The van der Waals surface area contributed by atoms with Gasteiger partial charge in [0.15, 0.2) is 0 Å². The van der Waals surface area contributed by atoms with Crippen LogP contribution in [0.4, 0.5) is 0 Å². The molecule has 0 aliphatic rings. The zero-order valence-electron chi connectivity index (χ0n) is 9.08. The van der Waals surface area contributed by atoms with Crippen molar-refractivity contribution in [3.8, 4) is 5.75 Å². The van der Waals surface area contributed by atoms with Crippen molar-refractivity contribution in [3.05, 3.63) is 53.6 Å². The highest BCUT2D eigenvalue weighted by atomic mass is 35.5. The first-order chi connectivity index (χ1) is 8.29. The molecule has 0 bridgehead atoms. The van der Waals surface area contributed by atoms with E-state index in [2.05, 4.69) is 9.97 Å². The van der Waals surface area contributed by atoms with E-state index in [0.29, 0.717) is 17.3 Å². The second-order valence-electron chi connectivity index (χ2n) is 3.46. The van der Waals surface area contributed by atoms with Gasteiger partial charge in [-0.2, -0.15) is 0 Å². The summed E-state index contributed by atoms with van der Waals surface area (Å²) >= 11 is 5.83. The zero-order valence-corrected chi connectivity index (χ0v) is 9.84. The molecule has 0 radical (unpaired) electrons. The third-order valence-electron chi connectivity index (χ3n) is 2.25. The largest absolute Gasteiger partial charge is 0.483 e. The topological polar surface area (TPSA) is 61.0 Å². The second-order valence-corrected chi connectivity index (χ2v) is 3.90. The summed E-state index contributed by atoms with van der Waals surface area (Å²) in [6.45, 7) is 0.372. The Morgan fingerprint density at radius 1 is 1.24 bits per heavy atom. The molecule has 1 atom stereocenters. The molecule has 2 aromatic heterocycles. The van der Waals surface area contributed by atoms with Crippen molar-refractivity contribution < 1.29 is 4.74 Å². The molecule has 0 aliphatic heterocycles. The van der Waals surface area contributed by atoms with Crippen molar-refractivity contribution in [2.24, 2.45) is 5.73 Å². The van der Waals surface area contributed by atoms with Crippen molar-refractivity contribution >= 4 is 11.6 Å². The van der Waals surface area contributed by atoms with Crippen LogP contribution in [-0.4, -0.2) is 16.5 Å². The highest BCUT2D eigenvalue weighted by Crippen LogP contribution is 2.22. The first-order valence-corrected chi connectivity index (χ1v) is 5.54. The molecule has 0 fully saturated rings. The van der Waals surface area contributed by atoms with Crippen LogP contribution in [0.15, 0.2) is 43.0 Å². The molecule has 0 aliphatic carbocycles. The van der Waals surface area contributed by atoms with Crippen LogP contribution in [0.25, 0.3) is 0 Å². The Morgan fingerprint density at radius 2 is 2.00 bits per heavy atom. The van der Waals surface area contributed by atoms with Crippen molar-refractivity contribution in [1.29, 1.82) is 0 Å². The number of nitrogens with two attached hydrogens (primary N) is 1. The molecule has 4 nitrogen and oxygen atoms in total. The molecular formula is C12H12ClN3O. The maximum atomic E-state index is 5.83. The molecule has 0 saturated carbocycles. The van der Waals surface area contributed by atoms with Crippen molar-refractivity contribution in [2.45, 2.75) is 6.10 Å². The third-order valence-corrected chi connectivity index (χ3v) is 2.46. The molecule has 0 spiro atoms. The smallest absolute Gasteiger partial charge is 0.140 e. The predicted octanol–water partition coefficient (Wildman–Crippen LogP) is 2.21. The number of hydrogen-bond acceptors (Lipinski definition) is 4. The summed E-state index contributed by atoms with van der Waals surface area (Å²) in [5.41, 5.74) is 6.67. The Bertz CT molecular complexity index is 478. The zero-order chi connectivity index (χ0) is 12.1. The van der Waals surface area contributed by atoms with E-state index in [9.17, 15) is 0 Å². The fourth-order valence-electron chi connectivity index (χ4n) is 1.45. The highest BCUT2D eigenvalue weighted by Gasteiger charge is 2.11. The monoisotopic (exact) mass is 249 g/mol. The molecule has 0 saturated heterocycles. The van der Waals surface area contributed by atoms with Crippen LogP contribution < -0.4 is 10.5 Å². The molecule has 5 heteroatoms. The van der Waals surface area contributed by atoms with Crippen LogP contribution in [0.1, 0.15) is 11.7 Å². The first-order valence-electron chi connectivity index (χ1n) is 5.17. The molecule has 1 unspecified atom stereocenters. The molecule has 2 N–H and O–H groups in total. The van der Waals surface area contributed by atoms with Crippen LogP contribution in [0.3, 0.4) is 0 Å². The highest BCUT2D eigenvalue weighted by molar-refractivity contribution is 6.30. The van der Waals surface area contributed by atoms with Gasteiger partial charge in [0, 0.05) is 31.2 Å². The van der Waals surface area contributed by atoms with Gasteiger partial charge >= 0.3 is 0 Å². The van der Waals surface area contributed by atoms with Gasteiger partial charge in [0.2, 0.25) is 0 Å². The predicted molar refractivity (Wildman–Crippen MR) is 65.9 cm³/mol. The van der Waals surface area contributed by atoms with Gasteiger partial charge in [0.05, 0.1) is 11.2 Å². The van der Waals surface area contributed by atoms with E-state index in [4.69, 9.17) is 22.1 Å². The van der Waals surface area contributed by atoms with Crippen LogP contribution >= 0.6 is 11.6 Å². The Morgan fingerprint density at radius 3 is 2.65 bits per heavy atom. The summed E-state index contributed by atoms with van der Waals surface area (Å²) in [6.07, 6.45) is 6.35. The lowest BCUT2D eigenvalue weighted by atomic mass is 10.1. The Hall–Kier alpha value is -1.65. The molecule has 2 aromatic rings. The van der Waals surface area contributed by atoms with Gasteiger partial charge in [-0.05, 0) is 17.7 Å². The number of rotatable bonds is 4. The van der Waals surface area contributed by atoms with E-state index in [1.165, 1.54) is 0 Å². The van der Waals surface area contributed by atoms with Crippen LogP contribution in [0.2, 0.25) is 5.02 Å². The molecule has 0 aromatic carbocycles. The van der Waals surface area contributed by atoms with Gasteiger partial charge in [0.25, 0.3) is 0 Å². The number of aromatic nitrogens is 2. The van der Waals surface area contributed by atoms with Gasteiger partial charge in [-0.15, -0.1) is 0 Å². The summed E-state index contributed by atoms with van der Waals surface area (Å²) in [4.78, 5) is 7.91. The van der Waals surface area contributed by atoms with E-state index in [1.807, 2.05) is 12.1 Å².